The highest BCUT2D eigenvalue weighted by atomic mass is 32.2. The van der Waals surface area contributed by atoms with Crippen LogP contribution < -0.4 is 10.0 Å². The van der Waals surface area contributed by atoms with Gasteiger partial charge in [-0.3, -0.25) is 0 Å². The molecule has 0 spiro atoms. The molecule has 0 aliphatic heterocycles. The Balaban J connectivity index is 2.73. The van der Waals surface area contributed by atoms with Gasteiger partial charge in [-0.25, -0.2) is 13.1 Å². The molecule has 7 heteroatoms. The van der Waals surface area contributed by atoms with E-state index < -0.39 is 10.0 Å². The van der Waals surface area contributed by atoms with Crippen molar-refractivity contribution in [1.29, 1.82) is 0 Å². The topological polar surface area (TPSA) is 58.2 Å². The van der Waals surface area contributed by atoms with Crippen LogP contribution in [0.3, 0.4) is 0 Å². The molecule has 0 saturated carbocycles. The molecule has 0 bridgehead atoms. The van der Waals surface area contributed by atoms with E-state index in [0.717, 1.165) is 30.1 Å². The SMILES string of the molecule is CCNCc1ccc(S(=O)(=O)NC(CC)CSC)s1. The van der Waals surface area contributed by atoms with Crippen molar-refractivity contribution in [3.8, 4) is 0 Å². The van der Waals surface area contributed by atoms with E-state index in [9.17, 15) is 8.42 Å². The van der Waals surface area contributed by atoms with E-state index in [1.807, 2.05) is 26.2 Å². The van der Waals surface area contributed by atoms with Crippen LogP contribution in [0.25, 0.3) is 0 Å². The molecular formula is C12H22N2O2S3. The predicted octanol–water partition coefficient (Wildman–Crippen LogP) is 2.28. The van der Waals surface area contributed by atoms with Gasteiger partial charge in [0.1, 0.15) is 4.21 Å². The van der Waals surface area contributed by atoms with Crippen LogP contribution in [0, 0.1) is 0 Å². The van der Waals surface area contributed by atoms with Crippen LogP contribution in [-0.4, -0.2) is 33.0 Å². The van der Waals surface area contributed by atoms with Gasteiger partial charge in [-0.05, 0) is 31.4 Å². The zero-order valence-electron chi connectivity index (χ0n) is 11.6. The molecule has 2 N–H and O–H groups in total. The Morgan fingerprint density at radius 3 is 2.68 bits per heavy atom. The minimum absolute atomic E-state index is 0.000633. The summed E-state index contributed by atoms with van der Waals surface area (Å²) in [7, 11) is -3.37. The van der Waals surface area contributed by atoms with E-state index >= 15 is 0 Å². The van der Waals surface area contributed by atoms with Gasteiger partial charge in [-0.1, -0.05) is 13.8 Å². The van der Waals surface area contributed by atoms with E-state index in [1.54, 1.807) is 17.8 Å². The molecule has 1 rings (SSSR count). The maximum Gasteiger partial charge on any atom is 0.250 e. The molecule has 0 aliphatic rings. The number of thiophene rings is 1. The van der Waals surface area contributed by atoms with E-state index in [4.69, 9.17) is 0 Å². The Morgan fingerprint density at radius 1 is 1.37 bits per heavy atom. The summed E-state index contributed by atoms with van der Waals surface area (Å²) >= 11 is 2.98. The number of rotatable bonds is 9. The molecule has 4 nitrogen and oxygen atoms in total. The van der Waals surface area contributed by atoms with Crippen LogP contribution in [0.15, 0.2) is 16.3 Å². The third-order valence-corrected chi connectivity index (χ3v) is 6.47. The van der Waals surface area contributed by atoms with E-state index in [2.05, 4.69) is 10.0 Å². The summed E-state index contributed by atoms with van der Waals surface area (Å²) in [5.74, 6) is 0.797. The fourth-order valence-corrected chi connectivity index (χ4v) is 5.05. The molecule has 0 saturated heterocycles. The second-order valence-electron chi connectivity index (χ2n) is 4.18. The first-order valence-corrected chi connectivity index (χ1v) is 10.0. The molecule has 1 aromatic rings. The normalized spacial score (nSPS) is 13.6. The summed E-state index contributed by atoms with van der Waals surface area (Å²) in [6.45, 7) is 5.62. The first kappa shape index (κ1) is 17.0. The van der Waals surface area contributed by atoms with Crippen molar-refractivity contribution in [2.45, 2.75) is 37.1 Å². The van der Waals surface area contributed by atoms with Crippen molar-refractivity contribution in [3.63, 3.8) is 0 Å². The summed E-state index contributed by atoms with van der Waals surface area (Å²) < 4.78 is 27.6. The molecule has 1 aromatic heterocycles. The fraction of sp³-hybridized carbons (Fsp3) is 0.667. The maximum absolute atomic E-state index is 12.2. The molecule has 0 aliphatic carbocycles. The van der Waals surface area contributed by atoms with Crippen LogP contribution in [0.4, 0.5) is 0 Å². The van der Waals surface area contributed by atoms with Crippen LogP contribution in [0.1, 0.15) is 25.1 Å². The third kappa shape index (κ3) is 5.43. The van der Waals surface area contributed by atoms with Gasteiger partial charge < -0.3 is 5.32 Å². The Labute approximate surface area is 124 Å². The molecule has 1 heterocycles. The van der Waals surface area contributed by atoms with Gasteiger partial charge in [0, 0.05) is 23.2 Å². The lowest BCUT2D eigenvalue weighted by Gasteiger charge is -2.14. The first-order valence-electron chi connectivity index (χ1n) is 6.34. The largest absolute Gasteiger partial charge is 0.312 e. The van der Waals surface area contributed by atoms with E-state index in [0.29, 0.717) is 4.21 Å². The second-order valence-corrected chi connectivity index (χ2v) is 8.20. The number of hydrogen-bond donors (Lipinski definition) is 2. The molecule has 0 radical (unpaired) electrons. The highest BCUT2D eigenvalue weighted by Crippen LogP contribution is 2.22. The molecule has 1 unspecified atom stereocenters. The number of sulfonamides is 1. The van der Waals surface area contributed by atoms with Crippen LogP contribution >= 0.6 is 23.1 Å². The van der Waals surface area contributed by atoms with Crippen molar-refractivity contribution < 1.29 is 8.42 Å². The average molecular weight is 323 g/mol. The molecular weight excluding hydrogens is 300 g/mol. The zero-order chi connectivity index (χ0) is 14.3. The lowest BCUT2D eigenvalue weighted by molar-refractivity contribution is 0.560. The highest BCUT2D eigenvalue weighted by Gasteiger charge is 2.20. The minimum atomic E-state index is -3.37. The smallest absolute Gasteiger partial charge is 0.250 e. The predicted molar refractivity (Wildman–Crippen MR) is 84.5 cm³/mol. The van der Waals surface area contributed by atoms with E-state index in [-0.39, 0.29) is 6.04 Å². The van der Waals surface area contributed by atoms with Gasteiger partial charge >= 0.3 is 0 Å². The molecule has 0 fully saturated rings. The Kier molecular flexibility index (Phi) is 7.38. The summed E-state index contributed by atoms with van der Waals surface area (Å²) in [5.41, 5.74) is 0. The maximum atomic E-state index is 12.2. The Morgan fingerprint density at radius 2 is 2.11 bits per heavy atom. The summed E-state index contributed by atoms with van der Waals surface area (Å²) in [6.07, 6.45) is 2.78. The first-order chi connectivity index (χ1) is 9.03. The Hall–Kier alpha value is -0.0800. The van der Waals surface area contributed by atoms with Crippen LogP contribution in [0.2, 0.25) is 0 Å². The lowest BCUT2D eigenvalue weighted by Crippen LogP contribution is -2.35. The molecule has 0 aromatic carbocycles. The summed E-state index contributed by atoms with van der Waals surface area (Å²) in [6, 6.07) is 3.56. The molecule has 19 heavy (non-hydrogen) atoms. The quantitative estimate of drug-likeness (QED) is 0.732. The molecule has 110 valence electrons. The lowest BCUT2D eigenvalue weighted by atomic mass is 10.3. The number of nitrogens with one attached hydrogen (secondary N) is 2. The summed E-state index contributed by atoms with van der Waals surface area (Å²) in [5, 5.41) is 3.19. The average Bonchev–Trinajstić information content (AvgIpc) is 2.85. The van der Waals surface area contributed by atoms with Gasteiger partial charge in [0.2, 0.25) is 10.0 Å². The minimum Gasteiger partial charge on any atom is -0.312 e. The van der Waals surface area contributed by atoms with Gasteiger partial charge in [-0.15, -0.1) is 11.3 Å². The second kappa shape index (κ2) is 8.26. The molecule has 1 atom stereocenters. The molecule has 0 amide bonds. The van der Waals surface area contributed by atoms with Crippen molar-refractivity contribution in [2.75, 3.05) is 18.6 Å². The van der Waals surface area contributed by atoms with Crippen molar-refractivity contribution in [1.82, 2.24) is 10.0 Å². The zero-order valence-corrected chi connectivity index (χ0v) is 14.1. The van der Waals surface area contributed by atoms with Gasteiger partial charge in [-0.2, -0.15) is 11.8 Å². The van der Waals surface area contributed by atoms with Crippen LogP contribution in [0.5, 0.6) is 0 Å². The van der Waals surface area contributed by atoms with Crippen LogP contribution in [-0.2, 0) is 16.6 Å². The Bertz CT molecular complexity index is 471. The van der Waals surface area contributed by atoms with Gasteiger partial charge in [0.15, 0.2) is 0 Å². The van der Waals surface area contributed by atoms with Gasteiger partial charge in [0.05, 0.1) is 0 Å². The van der Waals surface area contributed by atoms with Crippen molar-refractivity contribution in [2.24, 2.45) is 0 Å². The van der Waals surface area contributed by atoms with Gasteiger partial charge in [0.25, 0.3) is 0 Å². The highest BCUT2D eigenvalue weighted by molar-refractivity contribution is 7.98. The standard InChI is InChI=1S/C12H22N2O2S3/c1-4-10(9-17-3)14-19(15,16)12-7-6-11(18-12)8-13-5-2/h6-7,10,13-14H,4-5,8-9H2,1-3H3. The number of hydrogen-bond acceptors (Lipinski definition) is 5. The van der Waals surface area contributed by atoms with E-state index in [1.165, 1.54) is 11.3 Å². The summed E-state index contributed by atoms with van der Waals surface area (Å²) in [4.78, 5) is 1.04. The van der Waals surface area contributed by atoms with Crippen molar-refractivity contribution in [3.05, 3.63) is 17.0 Å². The fourth-order valence-electron chi connectivity index (χ4n) is 1.56. The third-order valence-electron chi connectivity index (χ3n) is 2.63. The monoisotopic (exact) mass is 322 g/mol. The van der Waals surface area contributed by atoms with Crippen molar-refractivity contribution >= 4 is 33.1 Å². The number of thioether (sulfide) groups is 1.